The average Bonchev–Trinajstić information content (AvgIpc) is 3.38. The minimum absolute atomic E-state index is 0.0108. The summed E-state index contributed by atoms with van der Waals surface area (Å²) in [6.45, 7) is 4.31. The molecule has 3 rings (SSSR count). The van der Waals surface area contributed by atoms with Crippen molar-refractivity contribution in [1.82, 2.24) is 20.1 Å². The van der Waals surface area contributed by atoms with E-state index in [9.17, 15) is 9.59 Å². The monoisotopic (exact) mass is 425 g/mol. The second-order valence-corrected chi connectivity index (χ2v) is 8.39. The summed E-state index contributed by atoms with van der Waals surface area (Å²) < 4.78 is 0. The lowest BCUT2D eigenvalue weighted by molar-refractivity contribution is -0.129. The number of nitrogens with zero attached hydrogens (tertiary/aromatic N) is 3. The van der Waals surface area contributed by atoms with Gasteiger partial charge in [0.05, 0.1) is 17.8 Å². The van der Waals surface area contributed by atoms with E-state index in [1.165, 1.54) is 11.3 Å². The first-order valence-corrected chi connectivity index (χ1v) is 10.9. The van der Waals surface area contributed by atoms with Gasteiger partial charge in [-0.2, -0.15) is 5.10 Å². The lowest BCUT2D eigenvalue weighted by Gasteiger charge is -2.16. The van der Waals surface area contributed by atoms with Crippen LogP contribution in [0, 0.1) is 5.92 Å². The standard InChI is InChI=1S/C22H27N5O2S/c1-15(2)21(29)24-22-23-18(14-30-22)13-20(28)27(3)11-7-10-17-12-19(26-25-17)16-8-5-4-6-9-16/h4-6,8-9,12,14-15H,7,10-11,13H2,1-3H3,(H,25,26)(H,23,24,29). The SMILES string of the molecule is CC(C)C(=O)Nc1nc(CC(=O)N(C)CCCc2cc(-c3ccccc3)n[nH]2)cs1. The Kier molecular flexibility index (Phi) is 7.35. The number of thiazole rings is 1. The predicted molar refractivity (Wildman–Crippen MR) is 119 cm³/mol. The molecule has 0 saturated carbocycles. The zero-order valence-corrected chi connectivity index (χ0v) is 18.3. The van der Waals surface area contributed by atoms with E-state index in [0.29, 0.717) is 17.4 Å². The predicted octanol–water partition coefficient (Wildman–Crippen LogP) is 3.76. The Morgan fingerprint density at radius 3 is 2.73 bits per heavy atom. The van der Waals surface area contributed by atoms with Crippen molar-refractivity contribution in [2.75, 3.05) is 18.9 Å². The number of H-pyrrole nitrogens is 1. The molecule has 0 atom stereocenters. The van der Waals surface area contributed by atoms with Crippen molar-refractivity contribution in [3.63, 3.8) is 0 Å². The molecule has 3 aromatic rings. The fourth-order valence-corrected chi connectivity index (χ4v) is 3.58. The summed E-state index contributed by atoms with van der Waals surface area (Å²) >= 11 is 1.34. The number of carbonyl (C=O) groups is 2. The topological polar surface area (TPSA) is 91.0 Å². The van der Waals surface area contributed by atoms with Crippen LogP contribution in [0.2, 0.25) is 0 Å². The number of aromatic nitrogens is 3. The van der Waals surface area contributed by atoms with Crippen LogP contribution in [0.1, 0.15) is 31.7 Å². The van der Waals surface area contributed by atoms with Gasteiger partial charge in [-0.25, -0.2) is 4.98 Å². The number of likely N-dealkylation sites (N-methyl/N-ethyl adjacent to an activating group) is 1. The van der Waals surface area contributed by atoms with Crippen LogP contribution < -0.4 is 5.32 Å². The van der Waals surface area contributed by atoms with E-state index in [1.54, 1.807) is 11.9 Å². The van der Waals surface area contributed by atoms with E-state index < -0.39 is 0 Å². The van der Waals surface area contributed by atoms with Gasteiger partial charge in [-0.15, -0.1) is 11.3 Å². The van der Waals surface area contributed by atoms with Crippen molar-refractivity contribution in [3.05, 3.63) is 53.2 Å². The number of hydrogen-bond donors (Lipinski definition) is 2. The molecule has 0 radical (unpaired) electrons. The van der Waals surface area contributed by atoms with Gasteiger partial charge in [0.2, 0.25) is 11.8 Å². The van der Waals surface area contributed by atoms with Crippen molar-refractivity contribution in [2.45, 2.75) is 33.1 Å². The number of aromatic amines is 1. The number of carbonyl (C=O) groups excluding carboxylic acids is 2. The average molecular weight is 426 g/mol. The fraction of sp³-hybridized carbons (Fsp3) is 0.364. The lowest BCUT2D eigenvalue weighted by atomic mass is 10.1. The van der Waals surface area contributed by atoms with Gasteiger partial charge in [0, 0.05) is 36.1 Å². The molecule has 0 spiro atoms. The number of amides is 2. The normalized spacial score (nSPS) is 10.9. The lowest BCUT2D eigenvalue weighted by Crippen LogP contribution is -2.29. The molecule has 30 heavy (non-hydrogen) atoms. The summed E-state index contributed by atoms with van der Waals surface area (Å²) in [4.78, 5) is 30.3. The van der Waals surface area contributed by atoms with Gasteiger partial charge < -0.3 is 10.2 Å². The first kappa shape index (κ1) is 21.7. The van der Waals surface area contributed by atoms with Crippen LogP contribution in [-0.4, -0.2) is 45.5 Å². The van der Waals surface area contributed by atoms with Gasteiger partial charge >= 0.3 is 0 Å². The van der Waals surface area contributed by atoms with Gasteiger partial charge in [0.1, 0.15) is 0 Å². The molecule has 2 heterocycles. The molecule has 1 aromatic carbocycles. The molecular formula is C22H27N5O2S. The molecule has 0 fully saturated rings. The Morgan fingerprint density at radius 1 is 1.23 bits per heavy atom. The molecule has 0 saturated heterocycles. The van der Waals surface area contributed by atoms with Crippen LogP contribution in [0.5, 0.6) is 0 Å². The van der Waals surface area contributed by atoms with E-state index in [1.807, 2.05) is 49.6 Å². The first-order valence-electron chi connectivity index (χ1n) is 10.0. The smallest absolute Gasteiger partial charge is 0.228 e. The maximum atomic E-state index is 12.5. The highest BCUT2D eigenvalue weighted by Crippen LogP contribution is 2.18. The summed E-state index contributed by atoms with van der Waals surface area (Å²) in [6, 6.07) is 12.1. The van der Waals surface area contributed by atoms with Crippen molar-refractivity contribution >= 4 is 28.3 Å². The van der Waals surface area contributed by atoms with Crippen LogP contribution in [0.15, 0.2) is 41.8 Å². The van der Waals surface area contributed by atoms with Gasteiger partial charge in [-0.1, -0.05) is 44.2 Å². The molecule has 7 nitrogen and oxygen atoms in total. The fourth-order valence-electron chi connectivity index (χ4n) is 2.86. The zero-order chi connectivity index (χ0) is 21.5. The Balaban J connectivity index is 1.43. The van der Waals surface area contributed by atoms with E-state index >= 15 is 0 Å². The Bertz CT molecular complexity index is 980. The highest BCUT2D eigenvalue weighted by atomic mass is 32.1. The summed E-state index contributed by atoms with van der Waals surface area (Å²) in [5.74, 6) is -0.172. The van der Waals surface area contributed by atoms with Gasteiger partial charge in [-0.3, -0.25) is 14.7 Å². The number of hydrogen-bond acceptors (Lipinski definition) is 5. The number of aryl methyl sites for hydroxylation is 1. The van der Waals surface area contributed by atoms with Crippen molar-refractivity contribution < 1.29 is 9.59 Å². The molecule has 2 amide bonds. The highest BCUT2D eigenvalue weighted by Gasteiger charge is 2.14. The summed E-state index contributed by atoms with van der Waals surface area (Å²) in [7, 11) is 1.80. The third-order valence-corrected chi connectivity index (χ3v) is 5.51. The molecule has 2 aromatic heterocycles. The van der Waals surface area contributed by atoms with Crippen molar-refractivity contribution in [1.29, 1.82) is 0 Å². The zero-order valence-electron chi connectivity index (χ0n) is 17.5. The molecule has 0 unspecified atom stereocenters. The third kappa shape index (κ3) is 6.00. The van der Waals surface area contributed by atoms with E-state index in [-0.39, 0.29) is 24.2 Å². The third-order valence-electron chi connectivity index (χ3n) is 4.70. The van der Waals surface area contributed by atoms with E-state index in [0.717, 1.165) is 29.8 Å². The molecule has 0 aliphatic carbocycles. The number of rotatable bonds is 9. The maximum Gasteiger partial charge on any atom is 0.228 e. The molecule has 158 valence electrons. The van der Waals surface area contributed by atoms with Crippen LogP contribution in [0.3, 0.4) is 0 Å². The molecule has 8 heteroatoms. The number of anilines is 1. The van der Waals surface area contributed by atoms with Crippen LogP contribution in [0.4, 0.5) is 5.13 Å². The molecule has 2 N–H and O–H groups in total. The van der Waals surface area contributed by atoms with Crippen molar-refractivity contribution in [3.8, 4) is 11.3 Å². The second kappa shape index (κ2) is 10.2. The van der Waals surface area contributed by atoms with Crippen LogP contribution >= 0.6 is 11.3 Å². The number of benzene rings is 1. The van der Waals surface area contributed by atoms with E-state index in [4.69, 9.17) is 0 Å². The summed E-state index contributed by atoms with van der Waals surface area (Å²) in [5.41, 5.74) is 3.75. The summed E-state index contributed by atoms with van der Waals surface area (Å²) in [6.07, 6.45) is 1.89. The van der Waals surface area contributed by atoms with E-state index in [2.05, 4.69) is 26.6 Å². The largest absolute Gasteiger partial charge is 0.345 e. The van der Waals surface area contributed by atoms with Crippen LogP contribution in [0.25, 0.3) is 11.3 Å². The molecule has 0 aliphatic rings. The Labute approximate surface area is 180 Å². The summed E-state index contributed by atoms with van der Waals surface area (Å²) in [5, 5.41) is 12.6. The van der Waals surface area contributed by atoms with Gasteiger partial charge in [0.15, 0.2) is 5.13 Å². The highest BCUT2D eigenvalue weighted by molar-refractivity contribution is 7.13. The minimum Gasteiger partial charge on any atom is -0.345 e. The van der Waals surface area contributed by atoms with Crippen molar-refractivity contribution in [2.24, 2.45) is 5.92 Å². The van der Waals surface area contributed by atoms with Gasteiger partial charge in [-0.05, 0) is 18.9 Å². The Hall–Kier alpha value is -3.00. The second-order valence-electron chi connectivity index (χ2n) is 7.53. The first-order chi connectivity index (χ1) is 14.4. The minimum atomic E-state index is -0.108. The quantitative estimate of drug-likeness (QED) is 0.546. The Morgan fingerprint density at radius 2 is 2.00 bits per heavy atom. The number of nitrogens with one attached hydrogen (secondary N) is 2. The van der Waals surface area contributed by atoms with Crippen LogP contribution in [-0.2, 0) is 22.4 Å². The van der Waals surface area contributed by atoms with Gasteiger partial charge in [0.25, 0.3) is 0 Å². The maximum absolute atomic E-state index is 12.5. The molecular weight excluding hydrogens is 398 g/mol. The molecule has 0 aliphatic heterocycles. The molecule has 0 bridgehead atoms.